The quantitative estimate of drug-likeness (QED) is 0.708. The van der Waals surface area contributed by atoms with Crippen molar-refractivity contribution in [3.8, 4) is 22.1 Å². The molecule has 7 heteroatoms. The average molecular weight is 383 g/mol. The van der Waals surface area contributed by atoms with Crippen LogP contribution in [0.15, 0.2) is 36.4 Å². The summed E-state index contributed by atoms with van der Waals surface area (Å²) in [6, 6.07) is 11.7. The molecule has 0 saturated heterocycles. The Labute approximate surface area is 161 Å². The number of carbonyl (C=O) groups excluding carboxylic acids is 1. The summed E-state index contributed by atoms with van der Waals surface area (Å²) in [5.74, 6) is 1.70. The molecule has 0 unspecified atom stereocenters. The van der Waals surface area contributed by atoms with E-state index in [4.69, 9.17) is 9.47 Å². The molecule has 3 aromatic rings. The van der Waals surface area contributed by atoms with Crippen molar-refractivity contribution in [1.29, 1.82) is 0 Å². The molecule has 4 rings (SSSR count). The second kappa shape index (κ2) is 7.44. The number of nitrogens with zero attached hydrogens (tertiary/aromatic N) is 1. The minimum Gasteiger partial charge on any atom is -0.497 e. The molecule has 0 bridgehead atoms. The van der Waals surface area contributed by atoms with Gasteiger partial charge in [-0.1, -0.05) is 6.07 Å². The summed E-state index contributed by atoms with van der Waals surface area (Å²) in [4.78, 5) is 14.7. The smallest absolute Gasteiger partial charge is 0.271 e. The topological polar surface area (TPSA) is 76.2 Å². The summed E-state index contributed by atoms with van der Waals surface area (Å²) >= 11 is 1.67. The van der Waals surface area contributed by atoms with E-state index in [1.807, 2.05) is 24.3 Å². The van der Waals surface area contributed by atoms with Gasteiger partial charge >= 0.3 is 0 Å². The summed E-state index contributed by atoms with van der Waals surface area (Å²) in [6.45, 7) is 3.17. The highest BCUT2D eigenvalue weighted by Crippen LogP contribution is 2.31. The number of hydrogen-bond donors (Lipinski definition) is 2. The molecular formula is C20H21N3O3S. The summed E-state index contributed by atoms with van der Waals surface area (Å²) in [6.07, 6.45) is 0.861. The Hall–Kier alpha value is -2.80. The first kappa shape index (κ1) is 17.6. The fourth-order valence-corrected chi connectivity index (χ4v) is 3.98. The summed E-state index contributed by atoms with van der Waals surface area (Å²) < 4.78 is 11.1. The van der Waals surface area contributed by atoms with Gasteiger partial charge in [0.05, 0.1) is 24.3 Å². The molecule has 1 aliphatic rings. The Morgan fingerprint density at radius 2 is 2.26 bits per heavy atom. The molecule has 1 amide bonds. The van der Waals surface area contributed by atoms with E-state index in [1.54, 1.807) is 24.5 Å². The number of rotatable bonds is 5. The highest BCUT2D eigenvalue weighted by Gasteiger charge is 2.22. The molecule has 3 heterocycles. The van der Waals surface area contributed by atoms with E-state index in [9.17, 15) is 4.79 Å². The van der Waals surface area contributed by atoms with E-state index in [-0.39, 0.29) is 11.8 Å². The maximum Gasteiger partial charge on any atom is 0.271 e. The van der Waals surface area contributed by atoms with Gasteiger partial charge in [0.1, 0.15) is 11.5 Å². The van der Waals surface area contributed by atoms with Gasteiger partial charge in [0.2, 0.25) is 0 Å². The lowest BCUT2D eigenvalue weighted by atomic mass is 9.96. The van der Waals surface area contributed by atoms with Crippen molar-refractivity contribution < 1.29 is 14.3 Å². The fraction of sp³-hybridized carbons (Fsp3) is 0.300. The van der Waals surface area contributed by atoms with Crippen LogP contribution >= 0.6 is 11.3 Å². The van der Waals surface area contributed by atoms with Crippen LogP contribution in [0.1, 0.15) is 20.9 Å². The van der Waals surface area contributed by atoms with Crippen molar-refractivity contribution in [2.24, 2.45) is 5.92 Å². The molecule has 6 nitrogen and oxygen atoms in total. The molecule has 140 valence electrons. The van der Waals surface area contributed by atoms with Gasteiger partial charge in [-0.2, -0.15) is 5.10 Å². The van der Waals surface area contributed by atoms with E-state index in [0.29, 0.717) is 18.8 Å². The third kappa shape index (κ3) is 3.83. The van der Waals surface area contributed by atoms with E-state index < -0.39 is 0 Å². The van der Waals surface area contributed by atoms with Gasteiger partial charge < -0.3 is 14.8 Å². The molecule has 0 spiro atoms. The Kier molecular flexibility index (Phi) is 4.85. The van der Waals surface area contributed by atoms with Crippen molar-refractivity contribution in [1.82, 2.24) is 15.5 Å². The minimum atomic E-state index is -0.175. The van der Waals surface area contributed by atoms with Gasteiger partial charge in [0.25, 0.3) is 5.91 Å². The van der Waals surface area contributed by atoms with Crippen LogP contribution in [0.4, 0.5) is 0 Å². The van der Waals surface area contributed by atoms with Crippen LogP contribution in [0.2, 0.25) is 0 Å². The molecule has 0 fully saturated rings. The number of aryl methyl sites for hydroxylation is 1. The Morgan fingerprint density at radius 1 is 1.37 bits per heavy atom. The maximum atomic E-state index is 12.4. The zero-order valence-electron chi connectivity index (χ0n) is 15.2. The van der Waals surface area contributed by atoms with Gasteiger partial charge in [-0.25, -0.2) is 0 Å². The zero-order chi connectivity index (χ0) is 18.8. The van der Waals surface area contributed by atoms with Crippen LogP contribution in [-0.4, -0.2) is 36.4 Å². The first-order valence-corrected chi connectivity index (χ1v) is 9.64. The number of fused-ring (bicyclic) bond motifs is 1. The first-order valence-electron chi connectivity index (χ1n) is 8.82. The second-order valence-corrected chi connectivity index (χ2v) is 7.93. The van der Waals surface area contributed by atoms with Crippen molar-refractivity contribution in [2.75, 3.05) is 20.3 Å². The molecular weight excluding hydrogens is 362 g/mol. The summed E-state index contributed by atoms with van der Waals surface area (Å²) in [5.41, 5.74) is 2.40. The highest BCUT2D eigenvalue weighted by molar-refractivity contribution is 7.15. The number of aromatic amines is 1. The number of hydrogen-bond acceptors (Lipinski definition) is 5. The molecule has 1 atom stereocenters. The van der Waals surface area contributed by atoms with E-state index in [2.05, 4.69) is 28.5 Å². The monoisotopic (exact) mass is 383 g/mol. The number of aromatic nitrogens is 2. The molecule has 1 aromatic carbocycles. The van der Waals surface area contributed by atoms with E-state index >= 15 is 0 Å². The van der Waals surface area contributed by atoms with Crippen LogP contribution in [0.3, 0.4) is 0 Å². The SMILES string of the molecule is COc1ccc2c(c1)OC[C@@H](CNC(=O)c1cc(-c3ccc(C)s3)[nH]n1)C2. The van der Waals surface area contributed by atoms with Crippen LogP contribution in [-0.2, 0) is 6.42 Å². The van der Waals surface area contributed by atoms with Crippen LogP contribution in [0, 0.1) is 12.8 Å². The Bertz CT molecular complexity index is 963. The van der Waals surface area contributed by atoms with E-state index in [1.165, 1.54) is 4.88 Å². The highest BCUT2D eigenvalue weighted by atomic mass is 32.1. The lowest BCUT2D eigenvalue weighted by Crippen LogP contribution is -2.35. The molecule has 0 saturated carbocycles. The lowest BCUT2D eigenvalue weighted by Gasteiger charge is -2.25. The number of benzene rings is 1. The molecule has 0 radical (unpaired) electrons. The van der Waals surface area contributed by atoms with Gasteiger partial charge in [0.15, 0.2) is 5.69 Å². The number of nitrogens with one attached hydrogen (secondary N) is 2. The first-order chi connectivity index (χ1) is 13.1. The summed E-state index contributed by atoms with van der Waals surface area (Å²) in [7, 11) is 1.64. The molecule has 2 N–H and O–H groups in total. The molecule has 2 aromatic heterocycles. The maximum absolute atomic E-state index is 12.4. The van der Waals surface area contributed by atoms with Gasteiger partial charge in [-0.05, 0) is 43.2 Å². The lowest BCUT2D eigenvalue weighted by molar-refractivity contribution is 0.0934. The minimum absolute atomic E-state index is 0.175. The van der Waals surface area contributed by atoms with E-state index in [0.717, 1.165) is 34.1 Å². The Morgan fingerprint density at radius 3 is 3.04 bits per heavy atom. The summed E-state index contributed by atoms with van der Waals surface area (Å²) in [5, 5.41) is 10.1. The standard InChI is InChI=1S/C20H21N3O3S/c1-12-3-6-19(27-12)16-9-17(23-22-16)20(24)21-10-13-7-14-4-5-15(25-2)8-18(14)26-11-13/h3-6,8-9,13H,7,10-11H2,1-2H3,(H,21,24)(H,22,23)/t13-/m1/s1. The third-order valence-corrected chi connectivity index (χ3v) is 5.66. The van der Waals surface area contributed by atoms with Gasteiger partial charge in [-0.3, -0.25) is 9.89 Å². The predicted molar refractivity (Wildman–Crippen MR) is 105 cm³/mol. The van der Waals surface area contributed by atoms with Crippen molar-refractivity contribution in [2.45, 2.75) is 13.3 Å². The van der Waals surface area contributed by atoms with Crippen LogP contribution in [0.25, 0.3) is 10.6 Å². The third-order valence-electron chi connectivity index (χ3n) is 4.63. The van der Waals surface area contributed by atoms with Crippen LogP contribution < -0.4 is 14.8 Å². The molecule has 1 aliphatic heterocycles. The number of methoxy groups -OCH3 is 1. The Balaban J connectivity index is 1.35. The number of amides is 1. The van der Waals surface area contributed by atoms with Crippen molar-refractivity contribution in [3.05, 3.63) is 52.5 Å². The predicted octanol–water partition coefficient (Wildman–Crippen LogP) is 3.44. The molecule has 27 heavy (non-hydrogen) atoms. The normalized spacial score (nSPS) is 15.7. The van der Waals surface area contributed by atoms with Gasteiger partial charge in [0, 0.05) is 23.4 Å². The van der Waals surface area contributed by atoms with Gasteiger partial charge in [-0.15, -0.1) is 11.3 Å². The number of ether oxygens (including phenoxy) is 2. The van der Waals surface area contributed by atoms with Crippen LogP contribution in [0.5, 0.6) is 11.5 Å². The second-order valence-electron chi connectivity index (χ2n) is 6.64. The number of carbonyl (C=O) groups is 1. The number of H-pyrrole nitrogens is 1. The largest absolute Gasteiger partial charge is 0.497 e. The van der Waals surface area contributed by atoms with Crippen molar-refractivity contribution in [3.63, 3.8) is 0 Å². The number of thiophene rings is 1. The average Bonchev–Trinajstić information content (AvgIpc) is 3.34. The van der Waals surface area contributed by atoms with Crippen molar-refractivity contribution >= 4 is 17.2 Å². The zero-order valence-corrected chi connectivity index (χ0v) is 16.1. The molecule has 0 aliphatic carbocycles. The fourth-order valence-electron chi connectivity index (χ4n) is 3.14.